The van der Waals surface area contributed by atoms with E-state index in [2.05, 4.69) is 27.2 Å². The van der Waals surface area contributed by atoms with Crippen LogP contribution in [0.25, 0.3) is 0 Å². The van der Waals surface area contributed by atoms with Gasteiger partial charge in [-0.05, 0) is 26.7 Å². The van der Waals surface area contributed by atoms with Crippen LogP contribution in [0.2, 0.25) is 0 Å². The molecular weight excluding hydrogens is 354 g/mol. The average molecular weight is 392 g/mol. The number of aryl methyl sites for hydroxylation is 1. The normalized spacial score (nSPS) is 20.4. The van der Waals surface area contributed by atoms with E-state index in [9.17, 15) is 0 Å². The highest BCUT2D eigenvalue weighted by Gasteiger charge is 2.20. The maximum atomic E-state index is 6.09. The molecule has 3 rings (SSSR count). The van der Waals surface area contributed by atoms with Crippen molar-refractivity contribution in [2.24, 2.45) is 4.99 Å². The van der Waals surface area contributed by atoms with Gasteiger partial charge in [-0.2, -0.15) is 0 Å². The number of rotatable bonds is 7. The monoisotopic (exact) mass is 391 g/mol. The van der Waals surface area contributed by atoms with Crippen LogP contribution in [0.5, 0.6) is 0 Å². The van der Waals surface area contributed by atoms with Crippen LogP contribution in [0.15, 0.2) is 15.6 Å². The molecule has 0 atom stereocenters. The molecule has 0 unspecified atom stereocenters. The molecule has 7 heteroatoms. The minimum atomic E-state index is 0.448. The Balaban J connectivity index is 1.41. The van der Waals surface area contributed by atoms with Crippen LogP contribution in [0.4, 0.5) is 0 Å². The van der Waals surface area contributed by atoms with Crippen molar-refractivity contribution in [3.05, 3.63) is 17.5 Å². The van der Waals surface area contributed by atoms with E-state index in [1.54, 1.807) is 0 Å². The standard InChI is InChI=1S/C21H37N5O2/c1-3-22-21(23-10-15-27-20-8-6-4-5-7-9-20)26-13-11-25(12-14-26)17-19-16-18(2)28-24-19/h16,20H,3-15,17H2,1-2H3,(H,22,23). The van der Waals surface area contributed by atoms with Crippen LogP contribution in [-0.4, -0.2) is 72.9 Å². The fraction of sp³-hybridized carbons (Fsp3) is 0.810. The summed E-state index contributed by atoms with van der Waals surface area (Å²) in [4.78, 5) is 9.60. The Labute approximate surface area is 169 Å². The summed E-state index contributed by atoms with van der Waals surface area (Å²) in [6, 6.07) is 2.02. The first-order chi connectivity index (χ1) is 13.7. The topological polar surface area (TPSA) is 66.1 Å². The van der Waals surface area contributed by atoms with Gasteiger partial charge in [-0.1, -0.05) is 30.8 Å². The van der Waals surface area contributed by atoms with Gasteiger partial charge in [-0.3, -0.25) is 9.89 Å². The molecule has 2 fully saturated rings. The molecule has 0 spiro atoms. The van der Waals surface area contributed by atoms with E-state index in [0.717, 1.165) is 69.8 Å². The summed E-state index contributed by atoms with van der Waals surface area (Å²) in [6.45, 7) is 11.2. The fourth-order valence-corrected chi connectivity index (χ4v) is 4.04. The van der Waals surface area contributed by atoms with Crippen LogP contribution in [-0.2, 0) is 11.3 Å². The van der Waals surface area contributed by atoms with Crippen molar-refractivity contribution < 1.29 is 9.26 Å². The molecule has 1 N–H and O–H groups in total. The minimum absolute atomic E-state index is 0.448. The van der Waals surface area contributed by atoms with Gasteiger partial charge in [0.25, 0.3) is 0 Å². The molecule has 0 amide bonds. The van der Waals surface area contributed by atoms with Crippen LogP contribution in [0.1, 0.15) is 56.9 Å². The van der Waals surface area contributed by atoms with Gasteiger partial charge >= 0.3 is 0 Å². The molecule has 2 aliphatic rings. The van der Waals surface area contributed by atoms with Gasteiger partial charge in [-0.15, -0.1) is 0 Å². The summed E-state index contributed by atoms with van der Waals surface area (Å²) >= 11 is 0. The van der Waals surface area contributed by atoms with E-state index < -0.39 is 0 Å². The SMILES string of the molecule is CCNC(=NCCOC1CCCCCC1)N1CCN(Cc2cc(C)on2)CC1. The maximum Gasteiger partial charge on any atom is 0.194 e. The summed E-state index contributed by atoms with van der Waals surface area (Å²) < 4.78 is 11.3. The Morgan fingerprint density at radius 2 is 1.96 bits per heavy atom. The lowest BCUT2D eigenvalue weighted by Gasteiger charge is -2.36. The van der Waals surface area contributed by atoms with Crippen LogP contribution < -0.4 is 5.32 Å². The Hall–Kier alpha value is -1.60. The number of nitrogens with one attached hydrogen (secondary N) is 1. The first-order valence-corrected chi connectivity index (χ1v) is 11.0. The van der Waals surface area contributed by atoms with Crippen molar-refractivity contribution in [1.82, 2.24) is 20.3 Å². The van der Waals surface area contributed by atoms with E-state index in [1.807, 2.05) is 13.0 Å². The van der Waals surface area contributed by atoms with Gasteiger partial charge in [-0.25, -0.2) is 0 Å². The summed E-state index contributed by atoms with van der Waals surface area (Å²) in [5.74, 6) is 1.89. The van der Waals surface area contributed by atoms with Crippen molar-refractivity contribution in [1.29, 1.82) is 0 Å². The quantitative estimate of drug-likeness (QED) is 0.334. The molecule has 1 saturated carbocycles. The number of hydrogen-bond acceptors (Lipinski definition) is 5. The number of guanidine groups is 1. The lowest BCUT2D eigenvalue weighted by Crippen LogP contribution is -2.52. The molecule has 28 heavy (non-hydrogen) atoms. The summed E-state index contributed by atoms with van der Waals surface area (Å²) in [5.41, 5.74) is 1.02. The molecule has 1 aliphatic heterocycles. The second-order valence-electron chi connectivity index (χ2n) is 7.91. The van der Waals surface area contributed by atoms with Gasteiger partial charge in [0, 0.05) is 45.3 Å². The smallest absolute Gasteiger partial charge is 0.194 e. The van der Waals surface area contributed by atoms with E-state index >= 15 is 0 Å². The largest absolute Gasteiger partial charge is 0.376 e. The molecule has 2 heterocycles. The van der Waals surface area contributed by atoms with Gasteiger partial charge in [0.15, 0.2) is 5.96 Å². The highest BCUT2D eigenvalue weighted by atomic mass is 16.5. The maximum absolute atomic E-state index is 6.09. The molecule has 0 bridgehead atoms. The average Bonchev–Trinajstić information content (AvgIpc) is 2.94. The molecule has 1 aromatic rings. The zero-order valence-electron chi connectivity index (χ0n) is 17.7. The lowest BCUT2D eigenvalue weighted by molar-refractivity contribution is 0.0485. The van der Waals surface area contributed by atoms with Crippen molar-refractivity contribution >= 4 is 5.96 Å². The fourth-order valence-electron chi connectivity index (χ4n) is 4.04. The molecule has 0 aromatic carbocycles. The first kappa shape index (κ1) is 21.1. The third-order valence-corrected chi connectivity index (χ3v) is 5.58. The van der Waals surface area contributed by atoms with Crippen molar-refractivity contribution in [3.63, 3.8) is 0 Å². The molecule has 1 aromatic heterocycles. The summed E-state index contributed by atoms with van der Waals surface area (Å²) in [5, 5.41) is 7.55. The number of aromatic nitrogens is 1. The summed E-state index contributed by atoms with van der Waals surface area (Å²) in [7, 11) is 0. The predicted octanol–water partition coefficient (Wildman–Crippen LogP) is 2.81. The molecule has 0 radical (unpaired) electrons. The molecular formula is C21H37N5O2. The van der Waals surface area contributed by atoms with Crippen molar-refractivity contribution in [2.75, 3.05) is 45.9 Å². The van der Waals surface area contributed by atoms with Crippen molar-refractivity contribution in [2.45, 2.75) is 65.0 Å². The molecule has 7 nitrogen and oxygen atoms in total. The predicted molar refractivity (Wildman–Crippen MR) is 112 cm³/mol. The molecule has 1 saturated heterocycles. The molecule has 1 aliphatic carbocycles. The number of hydrogen-bond donors (Lipinski definition) is 1. The summed E-state index contributed by atoms with van der Waals surface area (Å²) in [6.07, 6.45) is 8.25. The third kappa shape index (κ3) is 6.78. The number of nitrogens with zero attached hydrogens (tertiary/aromatic N) is 4. The number of aliphatic imine (C=N–C) groups is 1. The second-order valence-corrected chi connectivity index (χ2v) is 7.91. The van der Waals surface area contributed by atoms with Gasteiger partial charge in [0.2, 0.25) is 0 Å². The lowest BCUT2D eigenvalue weighted by atomic mass is 10.1. The van der Waals surface area contributed by atoms with Crippen LogP contribution in [0.3, 0.4) is 0 Å². The van der Waals surface area contributed by atoms with E-state index in [0.29, 0.717) is 6.10 Å². The Kier molecular flexibility index (Phi) is 8.61. The van der Waals surface area contributed by atoms with E-state index in [-0.39, 0.29) is 0 Å². The van der Waals surface area contributed by atoms with E-state index in [4.69, 9.17) is 14.3 Å². The van der Waals surface area contributed by atoms with Crippen molar-refractivity contribution in [3.8, 4) is 0 Å². The third-order valence-electron chi connectivity index (χ3n) is 5.58. The number of piperazine rings is 1. The van der Waals surface area contributed by atoms with Gasteiger partial charge < -0.3 is 19.5 Å². The highest BCUT2D eigenvalue weighted by Crippen LogP contribution is 2.19. The van der Waals surface area contributed by atoms with Crippen LogP contribution >= 0.6 is 0 Å². The Morgan fingerprint density at radius 1 is 1.21 bits per heavy atom. The zero-order valence-corrected chi connectivity index (χ0v) is 17.7. The van der Waals surface area contributed by atoms with Gasteiger partial charge in [0.05, 0.1) is 24.9 Å². The Bertz CT molecular complexity index is 587. The zero-order chi connectivity index (χ0) is 19.6. The van der Waals surface area contributed by atoms with Gasteiger partial charge in [0.1, 0.15) is 5.76 Å². The van der Waals surface area contributed by atoms with E-state index in [1.165, 1.54) is 38.5 Å². The number of ether oxygens (including phenoxy) is 1. The Morgan fingerprint density at radius 3 is 2.61 bits per heavy atom. The highest BCUT2D eigenvalue weighted by molar-refractivity contribution is 5.80. The first-order valence-electron chi connectivity index (χ1n) is 11.0. The molecule has 158 valence electrons. The van der Waals surface area contributed by atoms with Crippen LogP contribution in [0, 0.1) is 6.92 Å². The minimum Gasteiger partial charge on any atom is -0.376 e. The second kappa shape index (κ2) is 11.4.